The molecule has 0 atom stereocenters. The van der Waals surface area contributed by atoms with Crippen molar-refractivity contribution in [2.75, 3.05) is 14.2 Å². The van der Waals surface area contributed by atoms with E-state index in [4.69, 9.17) is 9.26 Å². The van der Waals surface area contributed by atoms with Crippen LogP contribution in [0.2, 0.25) is 0 Å². The molecule has 2 aromatic carbocycles. The highest BCUT2D eigenvalue weighted by Crippen LogP contribution is 2.22. The van der Waals surface area contributed by atoms with Gasteiger partial charge in [0.1, 0.15) is 5.75 Å². The van der Waals surface area contributed by atoms with E-state index in [1.807, 2.05) is 49.5 Å². The van der Waals surface area contributed by atoms with E-state index in [0.717, 1.165) is 23.4 Å². The molecular formula is C19H21N3O2. The van der Waals surface area contributed by atoms with E-state index >= 15 is 0 Å². The van der Waals surface area contributed by atoms with Gasteiger partial charge in [0.2, 0.25) is 11.7 Å². The van der Waals surface area contributed by atoms with Crippen molar-refractivity contribution in [1.82, 2.24) is 15.0 Å². The van der Waals surface area contributed by atoms with Crippen LogP contribution in [0.1, 0.15) is 17.0 Å². The van der Waals surface area contributed by atoms with Gasteiger partial charge in [0.05, 0.1) is 13.7 Å². The number of rotatable bonds is 6. The molecule has 0 amide bonds. The zero-order valence-corrected chi connectivity index (χ0v) is 14.2. The smallest absolute Gasteiger partial charge is 0.241 e. The summed E-state index contributed by atoms with van der Waals surface area (Å²) >= 11 is 0. The SMILES string of the molecule is COc1ccc(C)cc1CN(C)Cc1nc(-c2ccccc2)no1. The van der Waals surface area contributed by atoms with Gasteiger partial charge >= 0.3 is 0 Å². The molecule has 3 rings (SSSR count). The van der Waals surface area contributed by atoms with Crippen LogP contribution < -0.4 is 4.74 Å². The molecule has 0 aliphatic carbocycles. The summed E-state index contributed by atoms with van der Waals surface area (Å²) in [7, 11) is 3.71. The summed E-state index contributed by atoms with van der Waals surface area (Å²) in [6, 6.07) is 16.0. The summed E-state index contributed by atoms with van der Waals surface area (Å²) in [6.45, 7) is 3.40. The van der Waals surface area contributed by atoms with Crippen LogP contribution in [0, 0.1) is 6.92 Å². The van der Waals surface area contributed by atoms with Crippen molar-refractivity contribution in [3.8, 4) is 17.1 Å². The third-order valence-corrected chi connectivity index (χ3v) is 3.78. The van der Waals surface area contributed by atoms with Gasteiger partial charge in [-0.1, -0.05) is 53.2 Å². The molecule has 1 heterocycles. The van der Waals surface area contributed by atoms with Crippen molar-refractivity contribution in [1.29, 1.82) is 0 Å². The number of hydrogen-bond donors (Lipinski definition) is 0. The van der Waals surface area contributed by atoms with E-state index in [2.05, 4.69) is 28.0 Å². The van der Waals surface area contributed by atoms with E-state index in [1.165, 1.54) is 5.56 Å². The lowest BCUT2D eigenvalue weighted by molar-refractivity contribution is 0.257. The molecule has 3 aromatic rings. The summed E-state index contributed by atoms with van der Waals surface area (Å²) in [5.41, 5.74) is 3.31. The maximum absolute atomic E-state index is 5.44. The molecule has 24 heavy (non-hydrogen) atoms. The van der Waals surface area contributed by atoms with Gasteiger partial charge in [-0.25, -0.2) is 0 Å². The van der Waals surface area contributed by atoms with E-state index in [0.29, 0.717) is 18.3 Å². The highest BCUT2D eigenvalue weighted by atomic mass is 16.5. The Morgan fingerprint density at radius 3 is 2.62 bits per heavy atom. The molecule has 5 heteroatoms. The minimum atomic E-state index is 0.580. The largest absolute Gasteiger partial charge is 0.496 e. The standard InChI is InChI=1S/C19H21N3O2/c1-14-9-10-17(23-3)16(11-14)12-22(2)13-18-20-19(21-24-18)15-7-5-4-6-8-15/h4-11H,12-13H2,1-3H3. The van der Waals surface area contributed by atoms with Crippen LogP contribution in [0.25, 0.3) is 11.4 Å². The molecule has 0 spiro atoms. The zero-order chi connectivity index (χ0) is 16.9. The first kappa shape index (κ1) is 16.2. The van der Waals surface area contributed by atoms with Crippen molar-refractivity contribution < 1.29 is 9.26 Å². The highest BCUT2D eigenvalue weighted by molar-refractivity contribution is 5.53. The Balaban J connectivity index is 1.69. The summed E-state index contributed by atoms with van der Waals surface area (Å²) in [5, 5.41) is 4.06. The molecule has 124 valence electrons. The normalized spacial score (nSPS) is 11.0. The van der Waals surface area contributed by atoms with Crippen LogP contribution in [-0.4, -0.2) is 29.2 Å². The lowest BCUT2D eigenvalue weighted by Crippen LogP contribution is -2.18. The first-order valence-corrected chi connectivity index (χ1v) is 7.86. The molecule has 5 nitrogen and oxygen atoms in total. The minimum absolute atomic E-state index is 0.580. The van der Waals surface area contributed by atoms with E-state index in [1.54, 1.807) is 7.11 Å². The van der Waals surface area contributed by atoms with Gasteiger partial charge in [0, 0.05) is 17.7 Å². The van der Waals surface area contributed by atoms with Gasteiger partial charge < -0.3 is 9.26 Å². The second-order valence-corrected chi connectivity index (χ2v) is 5.87. The van der Waals surface area contributed by atoms with Crippen molar-refractivity contribution in [2.45, 2.75) is 20.0 Å². The fourth-order valence-corrected chi connectivity index (χ4v) is 2.63. The van der Waals surface area contributed by atoms with Gasteiger partial charge in [-0.05, 0) is 20.0 Å². The maximum Gasteiger partial charge on any atom is 0.241 e. The Morgan fingerprint density at radius 2 is 1.88 bits per heavy atom. The van der Waals surface area contributed by atoms with E-state index in [9.17, 15) is 0 Å². The first-order chi connectivity index (χ1) is 11.7. The third-order valence-electron chi connectivity index (χ3n) is 3.78. The molecule has 0 aliphatic rings. The number of ether oxygens (including phenoxy) is 1. The molecule has 0 radical (unpaired) electrons. The van der Waals surface area contributed by atoms with Crippen molar-refractivity contribution >= 4 is 0 Å². The summed E-state index contributed by atoms with van der Waals surface area (Å²) in [6.07, 6.45) is 0. The first-order valence-electron chi connectivity index (χ1n) is 7.86. The Kier molecular flexibility index (Phi) is 4.91. The number of methoxy groups -OCH3 is 1. The quantitative estimate of drug-likeness (QED) is 0.692. The molecule has 0 unspecified atom stereocenters. The molecule has 0 fully saturated rings. The predicted molar refractivity (Wildman–Crippen MR) is 92.6 cm³/mol. The fraction of sp³-hybridized carbons (Fsp3) is 0.263. The Hall–Kier alpha value is -2.66. The van der Waals surface area contributed by atoms with Crippen molar-refractivity contribution in [2.24, 2.45) is 0 Å². The topological polar surface area (TPSA) is 51.4 Å². The van der Waals surface area contributed by atoms with Crippen LogP contribution in [0.4, 0.5) is 0 Å². The highest BCUT2D eigenvalue weighted by Gasteiger charge is 2.12. The second kappa shape index (κ2) is 7.27. The molecule has 0 bridgehead atoms. The lowest BCUT2D eigenvalue weighted by atomic mass is 10.1. The third kappa shape index (κ3) is 3.81. The number of benzene rings is 2. The summed E-state index contributed by atoms with van der Waals surface area (Å²) in [4.78, 5) is 6.60. The Bertz CT molecular complexity index is 799. The van der Waals surface area contributed by atoms with Crippen LogP contribution in [0.5, 0.6) is 5.75 Å². The van der Waals surface area contributed by atoms with Crippen LogP contribution in [0.15, 0.2) is 53.1 Å². The van der Waals surface area contributed by atoms with Crippen LogP contribution >= 0.6 is 0 Å². The monoisotopic (exact) mass is 323 g/mol. The molecule has 0 saturated heterocycles. The molecule has 0 N–H and O–H groups in total. The molecule has 0 aliphatic heterocycles. The predicted octanol–water partition coefficient (Wildman–Crippen LogP) is 3.69. The zero-order valence-electron chi connectivity index (χ0n) is 14.2. The van der Waals surface area contributed by atoms with Gasteiger partial charge in [0.15, 0.2) is 0 Å². The van der Waals surface area contributed by atoms with E-state index < -0.39 is 0 Å². The number of aryl methyl sites for hydroxylation is 1. The Labute approximate surface area is 141 Å². The summed E-state index contributed by atoms with van der Waals surface area (Å²) < 4.78 is 10.8. The van der Waals surface area contributed by atoms with Crippen LogP contribution in [0.3, 0.4) is 0 Å². The number of hydrogen-bond acceptors (Lipinski definition) is 5. The second-order valence-electron chi connectivity index (χ2n) is 5.87. The molecular weight excluding hydrogens is 302 g/mol. The van der Waals surface area contributed by atoms with Crippen molar-refractivity contribution in [3.63, 3.8) is 0 Å². The van der Waals surface area contributed by atoms with Gasteiger partial charge in [-0.15, -0.1) is 0 Å². The molecule has 1 aromatic heterocycles. The average Bonchev–Trinajstić information content (AvgIpc) is 3.04. The lowest BCUT2D eigenvalue weighted by Gasteiger charge is -2.17. The van der Waals surface area contributed by atoms with Gasteiger partial charge in [-0.2, -0.15) is 4.98 Å². The number of nitrogens with zero attached hydrogens (tertiary/aromatic N) is 3. The Morgan fingerprint density at radius 1 is 1.08 bits per heavy atom. The van der Waals surface area contributed by atoms with Crippen molar-refractivity contribution in [3.05, 3.63) is 65.5 Å². The maximum atomic E-state index is 5.44. The average molecular weight is 323 g/mol. The van der Waals surface area contributed by atoms with Crippen LogP contribution in [-0.2, 0) is 13.1 Å². The van der Waals surface area contributed by atoms with Gasteiger partial charge in [0.25, 0.3) is 0 Å². The minimum Gasteiger partial charge on any atom is -0.496 e. The number of aromatic nitrogens is 2. The molecule has 0 saturated carbocycles. The summed E-state index contributed by atoms with van der Waals surface area (Å²) in [5.74, 6) is 2.11. The fourth-order valence-electron chi connectivity index (χ4n) is 2.63. The van der Waals surface area contributed by atoms with E-state index in [-0.39, 0.29) is 0 Å². The van der Waals surface area contributed by atoms with Gasteiger partial charge in [-0.3, -0.25) is 4.90 Å².